The van der Waals surface area contributed by atoms with Crippen molar-refractivity contribution in [2.24, 2.45) is 0 Å². The van der Waals surface area contributed by atoms with Crippen LogP contribution in [0.5, 0.6) is 0 Å². The number of hydrogen-bond acceptors (Lipinski definition) is 3. The average Bonchev–Trinajstić information content (AvgIpc) is 2.49. The van der Waals surface area contributed by atoms with Gasteiger partial charge in [0.2, 0.25) is 0 Å². The van der Waals surface area contributed by atoms with E-state index in [0.29, 0.717) is 5.41 Å². The monoisotopic (exact) mass is 253 g/mol. The van der Waals surface area contributed by atoms with E-state index in [1.807, 2.05) is 6.07 Å². The number of aromatic nitrogens is 2. The van der Waals surface area contributed by atoms with Gasteiger partial charge in [-0.25, -0.2) is 9.97 Å². The van der Waals surface area contributed by atoms with Crippen molar-refractivity contribution in [3.63, 3.8) is 0 Å². The van der Waals surface area contributed by atoms with Crippen LogP contribution in [-0.4, -0.2) is 23.1 Å². The first-order chi connectivity index (χ1) is 9.28. The Balaban J connectivity index is 1.87. The van der Waals surface area contributed by atoms with Gasteiger partial charge in [0.15, 0.2) is 5.82 Å². The Labute approximate surface area is 114 Å². The van der Waals surface area contributed by atoms with E-state index < -0.39 is 0 Å². The Morgan fingerprint density at radius 1 is 1.00 bits per heavy atom. The van der Waals surface area contributed by atoms with Gasteiger partial charge in [0.25, 0.3) is 0 Å². The molecule has 2 heterocycles. The minimum Gasteiger partial charge on any atom is -0.317 e. The normalized spacial score (nSPS) is 18.2. The largest absolute Gasteiger partial charge is 0.317 e. The summed E-state index contributed by atoms with van der Waals surface area (Å²) in [4.78, 5) is 8.57. The Kier molecular flexibility index (Phi) is 3.30. The highest BCUT2D eigenvalue weighted by molar-refractivity contribution is 5.55. The fourth-order valence-corrected chi connectivity index (χ4v) is 2.74. The van der Waals surface area contributed by atoms with Crippen LogP contribution >= 0.6 is 0 Å². The average molecular weight is 253 g/mol. The molecule has 1 N–H and O–H groups in total. The lowest BCUT2D eigenvalue weighted by Gasteiger charge is -2.34. The maximum absolute atomic E-state index is 4.29. The van der Waals surface area contributed by atoms with E-state index in [-0.39, 0.29) is 0 Å². The van der Waals surface area contributed by atoms with Gasteiger partial charge in [-0.1, -0.05) is 31.2 Å². The second-order valence-electron chi connectivity index (χ2n) is 5.46. The summed E-state index contributed by atoms with van der Waals surface area (Å²) in [5, 5.41) is 3.43. The third-order valence-corrected chi connectivity index (χ3v) is 4.11. The highest BCUT2D eigenvalue weighted by atomic mass is 14.9. The van der Waals surface area contributed by atoms with Crippen molar-refractivity contribution < 1.29 is 0 Å². The molecule has 0 aliphatic carbocycles. The SMILES string of the molecule is CC1(c2ccc(-c3ncccn3)cc2)CCNCC1. The molecule has 19 heavy (non-hydrogen) atoms. The molecular formula is C16H19N3. The third-order valence-electron chi connectivity index (χ3n) is 4.11. The highest BCUT2D eigenvalue weighted by Gasteiger charge is 2.28. The summed E-state index contributed by atoms with van der Waals surface area (Å²) in [5.74, 6) is 0.796. The lowest BCUT2D eigenvalue weighted by atomic mass is 9.75. The van der Waals surface area contributed by atoms with E-state index >= 15 is 0 Å². The van der Waals surface area contributed by atoms with E-state index in [1.54, 1.807) is 12.4 Å². The summed E-state index contributed by atoms with van der Waals surface area (Å²) in [7, 11) is 0. The first-order valence-corrected chi connectivity index (χ1v) is 6.87. The maximum Gasteiger partial charge on any atom is 0.159 e. The molecule has 1 saturated heterocycles. The smallest absolute Gasteiger partial charge is 0.159 e. The van der Waals surface area contributed by atoms with Gasteiger partial charge in [-0.2, -0.15) is 0 Å². The minimum atomic E-state index is 0.307. The summed E-state index contributed by atoms with van der Waals surface area (Å²) >= 11 is 0. The number of nitrogens with one attached hydrogen (secondary N) is 1. The molecule has 3 nitrogen and oxygen atoms in total. The lowest BCUT2D eigenvalue weighted by molar-refractivity contribution is 0.335. The topological polar surface area (TPSA) is 37.8 Å². The van der Waals surface area contributed by atoms with Crippen LogP contribution in [0.3, 0.4) is 0 Å². The molecule has 0 bridgehead atoms. The van der Waals surface area contributed by atoms with Crippen molar-refractivity contribution in [2.75, 3.05) is 13.1 Å². The van der Waals surface area contributed by atoms with Gasteiger partial charge >= 0.3 is 0 Å². The molecule has 1 aliphatic rings. The zero-order valence-electron chi connectivity index (χ0n) is 11.3. The quantitative estimate of drug-likeness (QED) is 0.894. The molecule has 1 fully saturated rings. The third kappa shape index (κ3) is 2.51. The van der Waals surface area contributed by atoms with Crippen LogP contribution in [0.2, 0.25) is 0 Å². The van der Waals surface area contributed by atoms with Crippen LogP contribution in [0.4, 0.5) is 0 Å². The standard InChI is InChI=1S/C16H19N3/c1-16(7-11-17-12-8-16)14-5-3-13(4-6-14)15-18-9-2-10-19-15/h2-6,9-10,17H,7-8,11-12H2,1H3. The van der Waals surface area contributed by atoms with Gasteiger partial charge in [0.05, 0.1) is 0 Å². The summed E-state index contributed by atoms with van der Waals surface area (Å²) < 4.78 is 0. The molecule has 0 saturated carbocycles. The molecule has 2 aromatic rings. The first kappa shape index (κ1) is 12.3. The van der Waals surface area contributed by atoms with Crippen molar-refractivity contribution in [1.82, 2.24) is 15.3 Å². The van der Waals surface area contributed by atoms with Crippen LogP contribution < -0.4 is 5.32 Å². The zero-order valence-corrected chi connectivity index (χ0v) is 11.3. The van der Waals surface area contributed by atoms with E-state index in [1.165, 1.54) is 18.4 Å². The second-order valence-corrected chi connectivity index (χ2v) is 5.46. The summed E-state index contributed by atoms with van der Waals surface area (Å²) in [5.41, 5.74) is 2.82. The number of nitrogens with zero attached hydrogens (tertiary/aromatic N) is 2. The highest BCUT2D eigenvalue weighted by Crippen LogP contribution is 2.33. The molecule has 0 atom stereocenters. The van der Waals surface area contributed by atoms with Gasteiger partial charge in [0.1, 0.15) is 0 Å². The molecule has 3 rings (SSSR count). The maximum atomic E-state index is 4.29. The molecule has 1 aromatic carbocycles. The fourth-order valence-electron chi connectivity index (χ4n) is 2.74. The Hall–Kier alpha value is -1.74. The van der Waals surface area contributed by atoms with Gasteiger partial charge in [-0.3, -0.25) is 0 Å². The van der Waals surface area contributed by atoms with Crippen LogP contribution in [0.1, 0.15) is 25.3 Å². The predicted molar refractivity (Wildman–Crippen MR) is 76.9 cm³/mol. The van der Waals surface area contributed by atoms with Crippen molar-refractivity contribution in [1.29, 1.82) is 0 Å². The fraction of sp³-hybridized carbons (Fsp3) is 0.375. The molecule has 0 unspecified atom stereocenters. The van der Waals surface area contributed by atoms with Crippen molar-refractivity contribution in [3.05, 3.63) is 48.3 Å². The Bertz CT molecular complexity index is 528. The molecular weight excluding hydrogens is 234 g/mol. The van der Waals surface area contributed by atoms with Crippen molar-refractivity contribution in [3.8, 4) is 11.4 Å². The minimum absolute atomic E-state index is 0.307. The number of hydrogen-bond donors (Lipinski definition) is 1. The Morgan fingerprint density at radius 2 is 1.63 bits per heavy atom. The second kappa shape index (κ2) is 5.10. The molecule has 0 radical (unpaired) electrons. The molecule has 98 valence electrons. The zero-order chi connectivity index (χ0) is 13.1. The van der Waals surface area contributed by atoms with E-state index in [9.17, 15) is 0 Å². The number of rotatable bonds is 2. The molecule has 1 aliphatic heterocycles. The number of piperidine rings is 1. The van der Waals surface area contributed by atoms with Gasteiger partial charge in [-0.05, 0) is 43.0 Å². The van der Waals surface area contributed by atoms with Crippen LogP contribution in [0.25, 0.3) is 11.4 Å². The summed E-state index contributed by atoms with van der Waals surface area (Å²) in [6.45, 7) is 4.59. The van der Waals surface area contributed by atoms with Gasteiger partial charge < -0.3 is 5.32 Å². The molecule has 0 spiro atoms. The predicted octanol–water partition coefficient (Wildman–Crippen LogP) is 2.78. The first-order valence-electron chi connectivity index (χ1n) is 6.87. The van der Waals surface area contributed by atoms with Gasteiger partial charge in [-0.15, -0.1) is 0 Å². The molecule has 3 heteroatoms. The van der Waals surface area contributed by atoms with Crippen LogP contribution in [-0.2, 0) is 5.41 Å². The Morgan fingerprint density at radius 3 is 2.26 bits per heavy atom. The summed E-state index contributed by atoms with van der Waals surface area (Å²) in [6, 6.07) is 10.6. The summed E-state index contributed by atoms with van der Waals surface area (Å²) in [6.07, 6.45) is 5.97. The lowest BCUT2D eigenvalue weighted by Crippen LogP contribution is -2.37. The van der Waals surface area contributed by atoms with Crippen molar-refractivity contribution >= 4 is 0 Å². The molecule has 1 aromatic heterocycles. The van der Waals surface area contributed by atoms with E-state index in [4.69, 9.17) is 0 Å². The van der Waals surface area contributed by atoms with Crippen LogP contribution in [0, 0.1) is 0 Å². The number of benzene rings is 1. The van der Waals surface area contributed by atoms with E-state index in [0.717, 1.165) is 24.5 Å². The van der Waals surface area contributed by atoms with Crippen molar-refractivity contribution in [2.45, 2.75) is 25.2 Å². The molecule has 0 amide bonds. The van der Waals surface area contributed by atoms with Crippen LogP contribution in [0.15, 0.2) is 42.7 Å². The van der Waals surface area contributed by atoms with E-state index in [2.05, 4.69) is 46.5 Å². The van der Waals surface area contributed by atoms with Gasteiger partial charge in [0, 0.05) is 18.0 Å².